The van der Waals surface area contributed by atoms with E-state index in [0.717, 1.165) is 5.56 Å². The number of amides is 1. The van der Waals surface area contributed by atoms with E-state index in [1.807, 2.05) is 30.3 Å². The second kappa shape index (κ2) is 4.93. The van der Waals surface area contributed by atoms with Gasteiger partial charge in [-0.15, -0.1) is 6.42 Å². The van der Waals surface area contributed by atoms with Gasteiger partial charge in [0.25, 0.3) is 0 Å². The highest BCUT2D eigenvalue weighted by Gasteiger charge is 2.10. The molecule has 0 saturated carbocycles. The summed E-state index contributed by atoms with van der Waals surface area (Å²) in [5.41, 5.74) is 0.861. The van der Waals surface area contributed by atoms with Gasteiger partial charge in [0.15, 0.2) is 0 Å². The van der Waals surface area contributed by atoms with Crippen molar-refractivity contribution >= 4 is 6.09 Å². The van der Waals surface area contributed by atoms with Gasteiger partial charge in [-0.2, -0.15) is 0 Å². The number of carbonyl (C=O) groups is 1. The van der Waals surface area contributed by atoms with Crippen LogP contribution in [0.25, 0.3) is 0 Å². The Balaban J connectivity index is 2.74. The molecule has 1 rings (SSSR count). The third kappa shape index (κ3) is 2.53. The number of nitrogens with one attached hydrogen (secondary N) is 1. The van der Waals surface area contributed by atoms with E-state index in [-0.39, 0.29) is 0 Å². The topological polar surface area (TPSA) is 38.3 Å². The van der Waals surface area contributed by atoms with Gasteiger partial charge in [-0.25, -0.2) is 4.79 Å². The SMILES string of the molecule is C#CC(NC(=O)OC)c1ccccc1. The minimum absolute atomic E-state index is 0.441. The van der Waals surface area contributed by atoms with Crippen LogP contribution in [0.3, 0.4) is 0 Å². The van der Waals surface area contributed by atoms with Crippen molar-refractivity contribution in [3.8, 4) is 12.3 Å². The van der Waals surface area contributed by atoms with Gasteiger partial charge in [0.2, 0.25) is 0 Å². The molecule has 0 radical (unpaired) electrons. The standard InChI is InChI=1S/C11H11NO2/c1-3-10(12-11(13)14-2)9-7-5-4-6-8-9/h1,4-8,10H,2H3,(H,12,13). The zero-order valence-electron chi connectivity index (χ0n) is 7.86. The number of ether oxygens (including phenoxy) is 1. The van der Waals surface area contributed by atoms with Crippen LogP contribution in [0.2, 0.25) is 0 Å². The molecule has 0 aliphatic rings. The fourth-order valence-corrected chi connectivity index (χ4v) is 1.04. The van der Waals surface area contributed by atoms with Crippen LogP contribution in [-0.2, 0) is 4.74 Å². The van der Waals surface area contributed by atoms with E-state index < -0.39 is 12.1 Å². The van der Waals surface area contributed by atoms with Crippen molar-refractivity contribution in [3.63, 3.8) is 0 Å². The van der Waals surface area contributed by atoms with Crippen LogP contribution in [0.4, 0.5) is 4.79 Å². The van der Waals surface area contributed by atoms with Gasteiger partial charge in [0.05, 0.1) is 7.11 Å². The van der Waals surface area contributed by atoms with E-state index in [0.29, 0.717) is 0 Å². The first kappa shape index (κ1) is 10.1. The van der Waals surface area contributed by atoms with Gasteiger partial charge >= 0.3 is 6.09 Å². The maximum Gasteiger partial charge on any atom is 0.408 e. The lowest BCUT2D eigenvalue weighted by Gasteiger charge is -2.11. The Hall–Kier alpha value is -1.95. The van der Waals surface area contributed by atoms with E-state index in [4.69, 9.17) is 6.42 Å². The van der Waals surface area contributed by atoms with Crippen LogP contribution in [0.5, 0.6) is 0 Å². The van der Waals surface area contributed by atoms with Crippen molar-refractivity contribution in [1.82, 2.24) is 5.32 Å². The Morgan fingerprint density at radius 1 is 1.50 bits per heavy atom. The molecule has 0 aliphatic carbocycles. The third-order valence-electron chi connectivity index (χ3n) is 1.75. The minimum Gasteiger partial charge on any atom is -0.453 e. The molecule has 3 heteroatoms. The number of terminal acetylenes is 1. The number of rotatable bonds is 2. The molecular weight excluding hydrogens is 178 g/mol. The van der Waals surface area contributed by atoms with E-state index in [9.17, 15) is 4.79 Å². The number of alkyl carbamates (subject to hydrolysis) is 1. The monoisotopic (exact) mass is 189 g/mol. The Labute approximate surface area is 83.1 Å². The number of hydrogen-bond donors (Lipinski definition) is 1. The average molecular weight is 189 g/mol. The molecular formula is C11H11NO2. The molecule has 0 aliphatic heterocycles. The molecule has 1 N–H and O–H groups in total. The summed E-state index contributed by atoms with van der Waals surface area (Å²) in [7, 11) is 1.30. The number of methoxy groups -OCH3 is 1. The summed E-state index contributed by atoms with van der Waals surface area (Å²) >= 11 is 0. The molecule has 0 saturated heterocycles. The summed E-state index contributed by atoms with van der Waals surface area (Å²) in [6, 6.07) is 8.86. The van der Waals surface area contributed by atoms with Crippen LogP contribution in [-0.4, -0.2) is 13.2 Å². The molecule has 0 fully saturated rings. The maximum atomic E-state index is 10.9. The summed E-state index contributed by atoms with van der Waals surface area (Å²) in [5, 5.41) is 2.54. The van der Waals surface area contributed by atoms with Gasteiger partial charge in [0, 0.05) is 0 Å². The Kier molecular flexibility index (Phi) is 3.57. The lowest BCUT2D eigenvalue weighted by atomic mass is 10.1. The van der Waals surface area contributed by atoms with Gasteiger partial charge in [0.1, 0.15) is 6.04 Å². The predicted molar refractivity (Wildman–Crippen MR) is 53.6 cm³/mol. The van der Waals surface area contributed by atoms with Crippen molar-refractivity contribution in [1.29, 1.82) is 0 Å². The fourth-order valence-electron chi connectivity index (χ4n) is 1.04. The first-order chi connectivity index (χ1) is 6.77. The molecule has 0 spiro atoms. The summed E-state index contributed by atoms with van der Waals surface area (Å²) < 4.78 is 4.46. The van der Waals surface area contributed by atoms with E-state index in [2.05, 4.69) is 16.0 Å². The van der Waals surface area contributed by atoms with Crippen molar-refractivity contribution in [2.24, 2.45) is 0 Å². The van der Waals surface area contributed by atoms with Crippen LogP contribution >= 0.6 is 0 Å². The number of benzene rings is 1. The first-order valence-corrected chi connectivity index (χ1v) is 4.13. The Bertz CT molecular complexity index is 340. The number of carbonyl (C=O) groups excluding carboxylic acids is 1. The third-order valence-corrected chi connectivity index (χ3v) is 1.75. The summed E-state index contributed by atoms with van der Waals surface area (Å²) in [6.07, 6.45) is 4.76. The van der Waals surface area contributed by atoms with Gasteiger partial charge in [-0.1, -0.05) is 36.3 Å². The summed E-state index contributed by atoms with van der Waals surface area (Å²) in [4.78, 5) is 10.9. The zero-order chi connectivity index (χ0) is 10.4. The molecule has 0 aromatic heterocycles. The molecule has 1 aromatic rings. The molecule has 1 atom stereocenters. The highest BCUT2D eigenvalue weighted by molar-refractivity contribution is 5.68. The molecule has 3 nitrogen and oxygen atoms in total. The van der Waals surface area contributed by atoms with Crippen LogP contribution in [0.1, 0.15) is 11.6 Å². The van der Waals surface area contributed by atoms with Crippen LogP contribution < -0.4 is 5.32 Å². The Morgan fingerprint density at radius 3 is 2.64 bits per heavy atom. The molecule has 72 valence electrons. The van der Waals surface area contributed by atoms with Crippen molar-refractivity contribution in [2.75, 3.05) is 7.11 Å². The van der Waals surface area contributed by atoms with Crippen molar-refractivity contribution in [3.05, 3.63) is 35.9 Å². The maximum absolute atomic E-state index is 10.9. The zero-order valence-corrected chi connectivity index (χ0v) is 7.86. The van der Waals surface area contributed by atoms with Gasteiger partial charge in [-0.05, 0) is 5.56 Å². The van der Waals surface area contributed by atoms with E-state index in [1.54, 1.807) is 0 Å². The van der Waals surface area contributed by atoms with Gasteiger partial charge in [-0.3, -0.25) is 0 Å². The van der Waals surface area contributed by atoms with Crippen LogP contribution in [0, 0.1) is 12.3 Å². The molecule has 1 amide bonds. The second-order valence-electron chi connectivity index (χ2n) is 2.65. The van der Waals surface area contributed by atoms with Crippen LogP contribution in [0.15, 0.2) is 30.3 Å². The highest BCUT2D eigenvalue weighted by atomic mass is 16.5. The number of hydrogen-bond acceptors (Lipinski definition) is 2. The van der Waals surface area contributed by atoms with E-state index in [1.165, 1.54) is 7.11 Å². The lowest BCUT2D eigenvalue weighted by Crippen LogP contribution is -2.27. The van der Waals surface area contributed by atoms with E-state index >= 15 is 0 Å². The smallest absolute Gasteiger partial charge is 0.408 e. The van der Waals surface area contributed by atoms with Crippen molar-refractivity contribution < 1.29 is 9.53 Å². The largest absolute Gasteiger partial charge is 0.453 e. The lowest BCUT2D eigenvalue weighted by molar-refractivity contribution is 0.169. The molecule has 0 bridgehead atoms. The van der Waals surface area contributed by atoms with Crippen molar-refractivity contribution in [2.45, 2.75) is 6.04 Å². The molecule has 1 unspecified atom stereocenters. The normalized spacial score (nSPS) is 11.1. The summed E-state index contributed by atoms with van der Waals surface area (Å²) in [6.45, 7) is 0. The Morgan fingerprint density at radius 2 is 2.14 bits per heavy atom. The average Bonchev–Trinajstić information content (AvgIpc) is 2.26. The van der Waals surface area contributed by atoms with Gasteiger partial charge < -0.3 is 10.1 Å². The first-order valence-electron chi connectivity index (χ1n) is 4.13. The second-order valence-corrected chi connectivity index (χ2v) is 2.65. The highest BCUT2D eigenvalue weighted by Crippen LogP contribution is 2.10. The quantitative estimate of drug-likeness (QED) is 0.719. The predicted octanol–water partition coefficient (Wildman–Crippen LogP) is 1.72. The molecule has 14 heavy (non-hydrogen) atoms. The fraction of sp³-hybridized carbons (Fsp3) is 0.182. The summed E-state index contributed by atoms with van der Waals surface area (Å²) in [5.74, 6) is 2.47. The minimum atomic E-state index is -0.531. The molecule has 0 heterocycles. The molecule has 1 aromatic carbocycles.